The Bertz CT molecular complexity index is 681. The van der Waals surface area contributed by atoms with Gasteiger partial charge in [0, 0.05) is 11.5 Å². The summed E-state index contributed by atoms with van der Waals surface area (Å²) >= 11 is 6.20. The summed E-state index contributed by atoms with van der Waals surface area (Å²) < 4.78 is 6.04. The minimum absolute atomic E-state index is 0.200. The van der Waals surface area contributed by atoms with Crippen molar-refractivity contribution in [1.29, 1.82) is 0 Å². The molecule has 0 spiro atoms. The molecule has 1 heterocycles. The van der Waals surface area contributed by atoms with Gasteiger partial charge in [0.1, 0.15) is 16.7 Å². The number of aromatic nitrogens is 2. The second kappa shape index (κ2) is 6.02. The zero-order chi connectivity index (χ0) is 15.7. The van der Waals surface area contributed by atoms with E-state index in [0.29, 0.717) is 16.9 Å². The van der Waals surface area contributed by atoms with Crippen LogP contribution >= 0.6 is 11.6 Å². The van der Waals surface area contributed by atoms with Crippen LogP contribution in [0.4, 0.5) is 0 Å². The van der Waals surface area contributed by atoms with E-state index in [2.05, 4.69) is 29.9 Å². The molecule has 0 atom stereocenters. The summed E-state index contributed by atoms with van der Waals surface area (Å²) in [6.07, 6.45) is 0. The van der Waals surface area contributed by atoms with Gasteiger partial charge in [0.25, 0.3) is 0 Å². The van der Waals surface area contributed by atoms with Crippen molar-refractivity contribution in [2.24, 2.45) is 0 Å². The van der Waals surface area contributed by atoms with Gasteiger partial charge in [0.15, 0.2) is 0 Å². The van der Waals surface area contributed by atoms with Crippen molar-refractivity contribution in [3.8, 4) is 11.6 Å². The summed E-state index contributed by atoms with van der Waals surface area (Å²) in [5.41, 5.74) is 4.24. The lowest BCUT2D eigenvalue weighted by Gasteiger charge is -2.15. The topological polar surface area (TPSA) is 35.0 Å². The Hall–Kier alpha value is -1.61. The smallest absolute Gasteiger partial charge is 0.227 e. The molecule has 2 aromatic rings. The fourth-order valence-corrected chi connectivity index (χ4v) is 2.22. The third-order valence-electron chi connectivity index (χ3n) is 3.55. The molecule has 0 unspecified atom stereocenters. The number of rotatable bonds is 3. The van der Waals surface area contributed by atoms with Crippen LogP contribution in [-0.2, 0) is 0 Å². The molecular weight excluding hydrogens is 284 g/mol. The molecule has 3 nitrogen and oxygen atoms in total. The van der Waals surface area contributed by atoms with Gasteiger partial charge >= 0.3 is 0 Å². The SMILES string of the molecule is Cc1cc(C)c(C)c(Oc2nc(C(C)C)nc(Cl)c2C)c1. The summed E-state index contributed by atoms with van der Waals surface area (Å²) in [5.74, 6) is 2.25. The van der Waals surface area contributed by atoms with Crippen molar-refractivity contribution in [2.45, 2.75) is 47.5 Å². The highest BCUT2D eigenvalue weighted by molar-refractivity contribution is 6.30. The van der Waals surface area contributed by atoms with E-state index in [-0.39, 0.29) is 5.92 Å². The first-order valence-corrected chi connectivity index (χ1v) is 7.47. The Morgan fingerprint density at radius 2 is 1.67 bits per heavy atom. The van der Waals surface area contributed by atoms with Gasteiger partial charge in [-0.05, 0) is 50.5 Å². The zero-order valence-corrected chi connectivity index (χ0v) is 14.2. The van der Waals surface area contributed by atoms with E-state index in [1.807, 2.05) is 33.8 Å². The molecule has 0 fully saturated rings. The lowest BCUT2D eigenvalue weighted by Crippen LogP contribution is -2.03. The third-order valence-corrected chi connectivity index (χ3v) is 3.91. The van der Waals surface area contributed by atoms with Crippen LogP contribution in [0.5, 0.6) is 11.6 Å². The number of hydrogen-bond donors (Lipinski definition) is 0. The molecule has 0 radical (unpaired) electrons. The first-order chi connectivity index (χ1) is 9.79. The number of hydrogen-bond acceptors (Lipinski definition) is 3. The Kier molecular flexibility index (Phi) is 4.52. The summed E-state index contributed by atoms with van der Waals surface area (Å²) in [6.45, 7) is 12.1. The molecule has 0 N–H and O–H groups in total. The minimum Gasteiger partial charge on any atom is -0.438 e. The largest absolute Gasteiger partial charge is 0.438 e. The van der Waals surface area contributed by atoms with Crippen LogP contribution in [-0.4, -0.2) is 9.97 Å². The van der Waals surface area contributed by atoms with Crippen LogP contribution in [0, 0.1) is 27.7 Å². The van der Waals surface area contributed by atoms with E-state index >= 15 is 0 Å². The Morgan fingerprint density at radius 1 is 1.00 bits per heavy atom. The quantitative estimate of drug-likeness (QED) is 0.724. The van der Waals surface area contributed by atoms with Crippen molar-refractivity contribution >= 4 is 11.6 Å². The number of ether oxygens (including phenoxy) is 1. The van der Waals surface area contributed by atoms with Gasteiger partial charge < -0.3 is 4.74 Å². The summed E-state index contributed by atoms with van der Waals surface area (Å²) in [7, 11) is 0. The highest BCUT2D eigenvalue weighted by Crippen LogP contribution is 2.32. The lowest BCUT2D eigenvalue weighted by atomic mass is 10.1. The third kappa shape index (κ3) is 3.35. The zero-order valence-electron chi connectivity index (χ0n) is 13.4. The van der Waals surface area contributed by atoms with Gasteiger partial charge in [-0.15, -0.1) is 0 Å². The molecule has 21 heavy (non-hydrogen) atoms. The predicted molar refractivity (Wildman–Crippen MR) is 86.6 cm³/mol. The van der Waals surface area contributed by atoms with Crippen LogP contribution in [0.2, 0.25) is 5.15 Å². The highest BCUT2D eigenvalue weighted by atomic mass is 35.5. The molecule has 112 valence electrons. The number of aryl methyl sites for hydroxylation is 2. The summed E-state index contributed by atoms with van der Waals surface area (Å²) in [4.78, 5) is 8.82. The van der Waals surface area contributed by atoms with Gasteiger partial charge in [-0.3, -0.25) is 0 Å². The Balaban J connectivity index is 2.49. The first-order valence-electron chi connectivity index (χ1n) is 7.09. The Labute approximate surface area is 131 Å². The number of nitrogens with zero attached hydrogens (tertiary/aromatic N) is 2. The number of benzene rings is 1. The predicted octanol–water partition coefficient (Wildman–Crippen LogP) is 5.28. The molecule has 4 heteroatoms. The fraction of sp³-hybridized carbons (Fsp3) is 0.412. The number of halogens is 1. The van der Waals surface area contributed by atoms with E-state index < -0.39 is 0 Å². The molecule has 0 aliphatic rings. The van der Waals surface area contributed by atoms with Gasteiger partial charge in [0.2, 0.25) is 5.88 Å². The van der Waals surface area contributed by atoms with Crippen molar-refractivity contribution in [3.05, 3.63) is 45.4 Å². The maximum Gasteiger partial charge on any atom is 0.227 e. The monoisotopic (exact) mass is 304 g/mol. The average Bonchev–Trinajstić information content (AvgIpc) is 2.40. The first kappa shape index (κ1) is 15.8. The maximum atomic E-state index is 6.20. The van der Waals surface area contributed by atoms with Gasteiger partial charge in [-0.25, -0.2) is 4.98 Å². The summed E-state index contributed by atoms with van der Waals surface area (Å²) in [5, 5.41) is 0.450. The molecule has 0 bridgehead atoms. The molecule has 0 amide bonds. The fourth-order valence-electron chi connectivity index (χ4n) is 2.05. The van der Waals surface area contributed by atoms with E-state index in [4.69, 9.17) is 16.3 Å². The molecular formula is C17H21ClN2O. The molecule has 0 aliphatic carbocycles. The average molecular weight is 305 g/mol. The highest BCUT2D eigenvalue weighted by Gasteiger charge is 2.15. The summed E-state index contributed by atoms with van der Waals surface area (Å²) in [6, 6.07) is 4.16. The van der Waals surface area contributed by atoms with Crippen LogP contribution in [0.15, 0.2) is 12.1 Å². The second-order valence-electron chi connectivity index (χ2n) is 5.76. The normalized spacial score (nSPS) is 11.0. The molecule has 2 rings (SSSR count). The van der Waals surface area contributed by atoms with Crippen molar-refractivity contribution < 1.29 is 4.74 Å². The van der Waals surface area contributed by atoms with Crippen LogP contribution in [0.25, 0.3) is 0 Å². The van der Waals surface area contributed by atoms with Crippen molar-refractivity contribution in [3.63, 3.8) is 0 Å². The van der Waals surface area contributed by atoms with Crippen molar-refractivity contribution in [1.82, 2.24) is 9.97 Å². The second-order valence-corrected chi connectivity index (χ2v) is 6.12. The van der Waals surface area contributed by atoms with Crippen LogP contribution in [0.3, 0.4) is 0 Å². The van der Waals surface area contributed by atoms with E-state index in [1.165, 1.54) is 5.56 Å². The van der Waals surface area contributed by atoms with E-state index in [0.717, 1.165) is 22.4 Å². The minimum atomic E-state index is 0.200. The van der Waals surface area contributed by atoms with Crippen LogP contribution in [0.1, 0.15) is 47.8 Å². The van der Waals surface area contributed by atoms with Gasteiger partial charge in [0.05, 0.1) is 0 Å². The molecule has 0 saturated heterocycles. The molecule has 1 aromatic heterocycles. The molecule has 0 saturated carbocycles. The maximum absolute atomic E-state index is 6.20. The Morgan fingerprint density at radius 3 is 2.29 bits per heavy atom. The van der Waals surface area contributed by atoms with E-state index in [9.17, 15) is 0 Å². The van der Waals surface area contributed by atoms with Crippen LogP contribution < -0.4 is 4.74 Å². The molecule has 1 aromatic carbocycles. The lowest BCUT2D eigenvalue weighted by molar-refractivity contribution is 0.448. The van der Waals surface area contributed by atoms with E-state index in [1.54, 1.807) is 0 Å². The van der Waals surface area contributed by atoms with Gasteiger partial charge in [-0.2, -0.15) is 4.98 Å². The van der Waals surface area contributed by atoms with Crippen molar-refractivity contribution in [2.75, 3.05) is 0 Å². The standard InChI is InChI=1S/C17H21ClN2O/c1-9(2)16-19-15(18)13(6)17(20-16)21-14-8-10(3)7-11(4)12(14)5/h7-9H,1-6H3. The van der Waals surface area contributed by atoms with Gasteiger partial charge in [-0.1, -0.05) is 31.5 Å². The molecule has 0 aliphatic heterocycles.